The van der Waals surface area contributed by atoms with E-state index in [0.29, 0.717) is 46.6 Å². The second-order valence-corrected chi connectivity index (χ2v) is 8.97. The minimum atomic E-state index is -4.28. The smallest absolute Gasteiger partial charge is 0.390 e. The van der Waals surface area contributed by atoms with Crippen LogP contribution in [0.4, 0.5) is 22.0 Å². The number of fused-ring (bicyclic) bond motifs is 2. The van der Waals surface area contributed by atoms with Gasteiger partial charge in [0.25, 0.3) is 0 Å². The van der Waals surface area contributed by atoms with Crippen LogP contribution in [-0.4, -0.2) is 45.2 Å². The first-order chi connectivity index (χ1) is 16.6. The van der Waals surface area contributed by atoms with E-state index < -0.39 is 36.4 Å². The molecule has 2 atom stereocenters. The van der Waals surface area contributed by atoms with Gasteiger partial charge >= 0.3 is 6.18 Å². The fraction of sp³-hybridized carbons (Fsp3) is 0.360. The Balaban J connectivity index is 1.61. The van der Waals surface area contributed by atoms with Crippen LogP contribution in [0.1, 0.15) is 40.4 Å². The standard InChI is InChI=1S/C25H21F5N4O/c26-16-9-18-17(20(27)10-16)11-22(35)24(18)34-21-4-6-33(7-5-25(28,29)30)13-19(21)23(32-34)15-3-1-2-14(8-15)12-31/h1-3,8-10,22,24,35H,4-7,11,13H2/t22-,24-/m1/s1. The minimum absolute atomic E-state index is 0.00228. The molecule has 1 aliphatic carbocycles. The molecule has 2 aromatic carbocycles. The van der Waals surface area contributed by atoms with E-state index in [0.717, 1.165) is 6.07 Å². The van der Waals surface area contributed by atoms with Crippen molar-refractivity contribution in [3.8, 4) is 17.3 Å². The van der Waals surface area contributed by atoms with E-state index in [1.807, 2.05) is 0 Å². The molecule has 0 bridgehead atoms. The minimum Gasteiger partial charge on any atom is -0.390 e. The summed E-state index contributed by atoms with van der Waals surface area (Å²) >= 11 is 0. The fourth-order valence-corrected chi connectivity index (χ4v) is 5.10. The van der Waals surface area contributed by atoms with Gasteiger partial charge in [-0.05, 0) is 29.3 Å². The van der Waals surface area contributed by atoms with Crippen molar-refractivity contribution in [2.24, 2.45) is 0 Å². The van der Waals surface area contributed by atoms with Crippen molar-refractivity contribution in [2.75, 3.05) is 13.1 Å². The van der Waals surface area contributed by atoms with Crippen molar-refractivity contribution in [3.63, 3.8) is 0 Å². The number of hydrogen-bond acceptors (Lipinski definition) is 4. The third-order valence-corrected chi connectivity index (χ3v) is 6.70. The van der Waals surface area contributed by atoms with E-state index in [4.69, 9.17) is 5.10 Å². The monoisotopic (exact) mass is 488 g/mol. The number of alkyl halides is 3. The van der Waals surface area contributed by atoms with Gasteiger partial charge < -0.3 is 5.11 Å². The van der Waals surface area contributed by atoms with Crippen molar-refractivity contribution in [1.29, 1.82) is 5.26 Å². The molecule has 5 nitrogen and oxygen atoms in total. The van der Waals surface area contributed by atoms with Crippen LogP contribution >= 0.6 is 0 Å². The normalized spacial score (nSPS) is 19.9. The fourth-order valence-electron chi connectivity index (χ4n) is 5.10. The van der Waals surface area contributed by atoms with Crippen LogP contribution in [-0.2, 0) is 19.4 Å². The van der Waals surface area contributed by atoms with Crippen LogP contribution in [0.3, 0.4) is 0 Å². The molecule has 0 radical (unpaired) electrons. The SMILES string of the molecule is N#Cc1cccc(-c2nn([C@@H]3c4cc(F)cc(F)c4C[C@H]3O)c3c2CN(CCC(F)(F)F)CC3)c1. The van der Waals surface area contributed by atoms with Crippen LogP contribution in [0.15, 0.2) is 36.4 Å². The topological polar surface area (TPSA) is 65.1 Å². The second kappa shape index (κ2) is 8.73. The number of rotatable bonds is 4. The molecule has 0 unspecified atom stereocenters. The molecule has 182 valence electrons. The summed E-state index contributed by atoms with van der Waals surface area (Å²) in [6, 6.07) is 9.92. The highest BCUT2D eigenvalue weighted by Crippen LogP contribution is 2.40. The zero-order valence-corrected chi connectivity index (χ0v) is 18.5. The number of hydrogen-bond donors (Lipinski definition) is 1. The Morgan fingerprint density at radius 2 is 1.94 bits per heavy atom. The number of benzene rings is 2. The molecule has 1 aliphatic heterocycles. The maximum absolute atomic E-state index is 14.4. The molecule has 2 aliphatic rings. The third-order valence-electron chi connectivity index (χ3n) is 6.70. The predicted molar refractivity (Wildman–Crippen MR) is 116 cm³/mol. The summed E-state index contributed by atoms with van der Waals surface area (Å²) in [6.45, 7) is 0.376. The number of halogens is 5. The lowest BCUT2D eigenvalue weighted by Gasteiger charge is -2.29. The lowest BCUT2D eigenvalue weighted by molar-refractivity contribution is -0.138. The Kier molecular flexibility index (Phi) is 5.85. The van der Waals surface area contributed by atoms with Gasteiger partial charge in [0.05, 0.1) is 29.9 Å². The van der Waals surface area contributed by atoms with E-state index in [1.165, 1.54) is 6.07 Å². The number of aliphatic hydroxyl groups is 1. The van der Waals surface area contributed by atoms with Crippen molar-refractivity contribution in [1.82, 2.24) is 14.7 Å². The summed E-state index contributed by atoms with van der Waals surface area (Å²) < 4.78 is 68.6. The molecule has 3 aromatic rings. The van der Waals surface area contributed by atoms with E-state index in [1.54, 1.807) is 33.8 Å². The van der Waals surface area contributed by atoms with Gasteiger partial charge in [-0.2, -0.15) is 23.5 Å². The van der Waals surface area contributed by atoms with Crippen LogP contribution in [0, 0.1) is 23.0 Å². The van der Waals surface area contributed by atoms with Crippen molar-refractivity contribution in [2.45, 2.75) is 44.1 Å². The second-order valence-electron chi connectivity index (χ2n) is 8.97. The van der Waals surface area contributed by atoms with E-state index in [-0.39, 0.29) is 25.1 Å². The molecule has 0 spiro atoms. The molecule has 1 aromatic heterocycles. The largest absolute Gasteiger partial charge is 0.390 e. The maximum Gasteiger partial charge on any atom is 0.390 e. The Morgan fingerprint density at radius 3 is 2.69 bits per heavy atom. The molecular formula is C25H21F5N4O. The van der Waals surface area contributed by atoms with Crippen molar-refractivity contribution >= 4 is 0 Å². The summed E-state index contributed by atoms with van der Waals surface area (Å²) in [6.07, 6.45) is -5.91. The molecule has 0 fully saturated rings. The molecule has 10 heteroatoms. The van der Waals surface area contributed by atoms with E-state index >= 15 is 0 Å². The van der Waals surface area contributed by atoms with Gasteiger partial charge in [-0.1, -0.05) is 12.1 Å². The highest BCUT2D eigenvalue weighted by Gasteiger charge is 2.39. The Hall–Kier alpha value is -3.29. The highest BCUT2D eigenvalue weighted by atomic mass is 19.4. The van der Waals surface area contributed by atoms with Crippen LogP contribution < -0.4 is 0 Å². The van der Waals surface area contributed by atoms with Crippen molar-refractivity contribution in [3.05, 3.63) is 76.0 Å². The number of aromatic nitrogens is 2. The predicted octanol–water partition coefficient (Wildman–Crippen LogP) is 4.52. The van der Waals surface area contributed by atoms with Gasteiger partial charge in [-0.15, -0.1) is 0 Å². The molecular weight excluding hydrogens is 467 g/mol. The van der Waals surface area contributed by atoms with Gasteiger partial charge in [-0.3, -0.25) is 9.58 Å². The number of nitrogens with zero attached hydrogens (tertiary/aromatic N) is 4. The molecule has 0 saturated carbocycles. The maximum atomic E-state index is 14.4. The average Bonchev–Trinajstić information content (AvgIpc) is 3.34. The summed E-state index contributed by atoms with van der Waals surface area (Å²) in [5.74, 6) is -1.50. The van der Waals surface area contributed by atoms with Crippen LogP contribution in [0.5, 0.6) is 0 Å². The Bertz CT molecular complexity index is 1330. The lowest BCUT2D eigenvalue weighted by Crippen LogP contribution is -2.35. The van der Waals surface area contributed by atoms with E-state index in [9.17, 15) is 32.3 Å². The Morgan fingerprint density at radius 1 is 1.14 bits per heavy atom. The molecule has 0 amide bonds. The van der Waals surface area contributed by atoms with Crippen LogP contribution in [0.2, 0.25) is 0 Å². The van der Waals surface area contributed by atoms with Gasteiger partial charge in [0.15, 0.2) is 0 Å². The zero-order chi connectivity index (χ0) is 24.9. The quantitative estimate of drug-likeness (QED) is 0.549. The molecule has 2 heterocycles. The third kappa shape index (κ3) is 4.42. The average molecular weight is 488 g/mol. The van der Waals surface area contributed by atoms with Crippen molar-refractivity contribution < 1.29 is 27.1 Å². The van der Waals surface area contributed by atoms with Crippen LogP contribution in [0.25, 0.3) is 11.3 Å². The Labute approximate surface area is 198 Å². The number of aliphatic hydroxyl groups excluding tert-OH is 1. The lowest BCUT2D eigenvalue weighted by atomic mass is 9.99. The summed E-state index contributed by atoms with van der Waals surface area (Å²) in [5, 5.41) is 24.9. The van der Waals surface area contributed by atoms with Gasteiger partial charge in [-0.25, -0.2) is 8.78 Å². The molecule has 1 N–H and O–H groups in total. The summed E-state index contributed by atoms with van der Waals surface area (Å²) in [7, 11) is 0. The van der Waals surface area contributed by atoms with Gasteiger partial charge in [0.2, 0.25) is 0 Å². The number of nitriles is 1. The molecule has 35 heavy (non-hydrogen) atoms. The summed E-state index contributed by atoms with van der Waals surface area (Å²) in [5.41, 5.74) is 3.39. The first-order valence-electron chi connectivity index (χ1n) is 11.2. The summed E-state index contributed by atoms with van der Waals surface area (Å²) in [4.78, 5) is 1.69. The zero-order valence-electron chi connectivity index (χ0n) is 18.5. The first-order valence-corrected chi connectivity index (χ1v) is 11.2. The molecule has 5 rings (SSSR count). The van der Waals surface area contributed by atoms with Gasteiger partial charge in [0.1, 0.15) is 17.7 Å². The van der Waals surface area contributed by atoms with E-state index in [2.05, 4.69) is 6.07 Å². The van der Waals surface area contributed by atoms with Gasteiger partial charge in [0, 0.05) is 55.4 Å². The molecule has 0 saturated heterocycles. The first kappa shape index (κ1) is 23.5. The highest BCUT2D eigenvalue weighted by molar-refractivity contribution is 5.66.